The van der Waals surface area contributed by atoms with E-state index >= 15 is 0 Å². The van der Waals surface area contributed by atoms with Crippen molar-refractivity contribution in [3.8, 4) is 0 Å². The van der Waals surface area contributed by atoms with Crippen LogP contribution in [0.5, 0.6) is 0 Å². The minimum Gasteiger partial charge on any atom is -0.250 e. The normalized spacial score (nSPS) is 11.0. The molecule has 0 aliphatic carbocycles. The molecule has 0 amide bonds. The monoisotopic (exact) mass is 231 g/mol. The highest BCUT2D eigenvalue weighted by molar-refractivity contribution is 8.01. The largest absolute Gasteiger partial charge is 0.250 e. The van der Waals surface area contributed by atoms with Gasteiger partial charge in [-0.1, -0.05) is 11.8 Å². The Labute approximate surface area is 88.2 Å². The molecule has 0 radical (unpaired) electrons. The molecule has 1 heterocycles. The quantitative estimate of drug-likeness (QED) is 0.750. The first kappa shape index (κ1) is 9.86. The molecule has 1 nitrogen and oxygen atoms in total. The maximum Gasteiger partial charge on any atom is 0.151 e. The van der Waals surface area contributed by atoms with Gasteiger partial charge in [-0.2, -0.15) is 0 Å². The Morgan fingerprint density at radius 1 is 1.43 bits per heavy atom. The fraction of sp³-hybridized carbons (Fsp3) is 0.222. The van der Waals surface area contributed by atoms with Gasteiger partial charge in [0.2, 0.25) is 0 Å². The topological polar surface area (TPSA) is 12.9 Å². The molecule has 0 bridgehead atoms. The second kappa shape index (κ2) is 4.23. The van der Waals surface area contributed by atoms with Crippen LogP contribution in [-0.4, -0.2) is 17.4 Å². The number of hydrogen-bond donors (Lipinski definition) is 0. The van der Waals surface area contributed by atoms with Gasteiger partial charge in [0, 0.05) is 5.75 Å². The van der Waals surface area contributed by atoms with Crippen molar-refractivity contribution in [2.45, 2.75) is 4.34 Å². The first-order valence-electron chi connectivity index (χ1n) is 4.04. The van der Waals surface area contributed by atoms with Crippen molar-refractivity contribution in [3.63, 3.8) is 0 Å². The Hall–Kier alpha value is -0.680. The van der Waals surface area contributed by atoms with E-state index in [0.29, 0.717) is 5.75 Å². The van der Waals surface area contributed by atoms with Crippen LogP contribution >= 0.6 is 23.1 Å². The molecule has 1 aromatic carbocycles. The third-order valence-corrected chi connectivity index (χ3v) is 3.75. The molecule has 14 heavy (non-hydrogen) atoms. The third-order valence-electron chi connectivity index (χ3n) is 1.63. The van der Waals surface area contributed by atoms with Gasteiger partial charge in [0.15, 0.2) is 4.34 Å². The summed E-state index contributed by atoms with van der Waals surface area (Å²) in [5.41, 5.74) is 0.776. The molecule has 0 saturated carbocycles. The molecule has 5 heteroatoms. The summed E-state index contributed by atoms with van der Waals surface area (Å²) in [7, 11) is 0. The maximum atomic E-state index is 12.8. The van der Waals surface area contributed by atoms with E-state index < -0.39 is 0 Å². The molecule has 0 spiro atoms. The number of rotatable bonds is 3. The summed E-state index contributed by atoms with van der Waals surface area (Å²) < 4.78 is 26.3. The molecular formula is C9H7F2NS2. The Kier molecular flexibility index (Phi) is 2.98. The smallest absolute Gasteiger partial charge is 0.151 e. The zero-order chi connectivity index (χ0) is 9.97. The highest BCUT2D eigenvalue weighted by atomic mass is 32.2. The number of benzene rings is 1. The lowest BCUT2D eigenvalue weighted by Crippen LogP contribution is -1.78. The number of nitrogens with zero attached hydrogens (tertiary/aromatic N) is 1. The zero-order valence-electron chi connectivity index (χ0n) is 7.17. The first-order chi connectivity index (χ1) is 6.79. The van der Waals surface area contributed by atoms with E-state index in [4.69, 9.17) is 0 Å². The van der Waals surface area contributed by atoms with E-state index in [9.17, 15) is 8.78 Å². The Morgan fingerprint density at radius 2 is 2.29 bits per heavy atom. The van der Waals surface area contributed by atoms with Crippen LogP contribution in [0, 0.1) is 5.82 Å². The average molecular weight is 231 g/mol. The van der Waals surface area contributed by atoms with Crippen molar-refractivity contribution in [3.05, 3.63) is 24.0 Å². The Morgan fingerprint density at radius 3 is 3.07 bits per heavy atom. The van der Waals surface area contributed by atoms with Crippen LogP contribution in [0.3, 0.4) is 0 Å². The predicted octanol–water partition coefficient (Wildman–Crippen LogP) is 3.50. The van der Waals surface area contributed by atoms with Crippen LogP contribution in [0.1, 0.15) is 0 Å². The van der Waals surface area contributed by atoms with Gasteiger partial charge in [-0.15, -0.1) is 11.3 Å². The minimum atomic E-state index is -0.366. The number of halogens is 2. The molecule has 2 rings (SSSR count). The Bertz CT molecular complexity index is 441. The molecule has 0 saturated heterocycles. The number of alkyl halides is 1. The molecule has 74 valence electrons. The van der Waals surface area contributed by atoms with Gasteiger partial charge < -0.3 is 0 Å². The van der Waals surface area contributed by atoms with Gasteiger partial charge in [-0.05, 0) is 18.2 Å². The number of thioether (sulfide) groups is 1. The standard InChI is InChI=1S/C9H7F2NS2/c10-3-4-13-9-12-7-2-1-6(11)5-8(7)14-9/h1-2,5H,3-4H2. The van der Waals surface area contributed by atoms with Crippen LogP contribution in [-0.2, 0) is 0 Å². The van der Waals surface area contributed by atoms with E-state index in [0.717, 1.165) is 14.6 Å². The zero-order valence-corrected chi connectivity index (χ0v) is 8.80. The lowest BCUT2D eigenvalue weighted by Gasteiger charge is -1.87. The third kappa shape index (κ3) is 2.04. The summed E-state index contributed by atoms with van der Waals surface area (Å²) >= 11 is 2.76. The average Bonchev–Trinajstić information content (AvgIpc) is 2.56. The lowest BCUT2D eigenvalue weighted by atomic mass is 10.3. The maximum absolute atomic E-state index is 12.8. The lowest BCUT2D eigenvalue weighted by molar-refractivity contribution is 0.533. The van der Waals surface area contributed by atoms with E-state index in [2.05, 4.69) is 4.98 Å². The summed E-state index contributed by atoms with van der Waals surface area (Å²) in [6, 6.07) is 4.47. The van der Waals surface area contributed by atoms with Gasteiger partial charge in [0.05, 0.1) is 16.9 Å². The molecule has 2 aromatic rings. The Balaban J connectivity index is 2.32. The molecule has 0 aliphatic heterocycles. The highest BCUT2D eigenvalue weighted by Gasteiger charge is 2.04. The molecule has 0 fully saturated rings. The molecule has 0 unspecified atom stereocenters. The van der Waals surface area contributed by atoms with Crippen LogP contribution in [0.2, 0.25) is 0 Å². The van der Waals surface area contributed by atoms with Crippen LogP contribution in [0.15, 0.2) is 22.5 Å². The van der Waals surface area contributed by atoms with E-state index in [1.807, 2.05) is 0 Å². The first-order valence-corrected chi connectivity index (χ1v) is 5.84. The van der Waals surface area contributed by atoms with Crippen molar-refractivity contribution in [1.82, 2.24) is 4.98 Å². The highest BCUT2D eigenvalue weighted by Crippen LogP contribution is 2.29. The number of hydrogen-bond acceptors (Lipinski definition) is 3. The second-order valence-corrected chi connectivity index (χ2v) is 5.00. The van der Waals surface area contributed by atoms with E-state index in [-0.39, 0.29) is 12.5 Å². The van der Waals surface area contributed by atoms with Crippen molar-refractivity contribution < 1.29 is 8.78 Å². The molecule has 0 aliphatic rings. The van der Waals surface area contributed by atoms with E-state index in [1.165, 1.54) is 35.2 Å². The van der Waals surface area contributed by atoms with Gasteiger partial charge >= 0.3 is 0 Å². The van der Waals surface area contributed by atoms with E-state index in [1.54, 1.807) is 6.07 Å². The van der Waals surface area contributed by atoms with Crippen molar-refractivity contribution >= 4 is 33.3 Å². The van der Waals surface area contributed by atoms with Crippen LogP contribution in [0.25, 0.3) is 10.2 Å². The van der Waals surface area contributed by atoms with Crippen LogP contribution in [0.4, 0.5) is 8.78 Å². The van der Waals surface area contributed by atoms with Gasteiger partial charge in [-0.25, -0.2) is 9.37 Å². The summed E-state index contributed by atoms with van der Waals surface area (Å²) in [4.78, 5) is 4.24. The molecule has 0 N–H and O–H groups in total. The fourth-order valence-electron chi connectivity index (χ4n) is 1.06. The summed E-state index contributed by atoms with van der Waals surface area (Å²) in [6.07, 6.45) is 0. The molecular weight excluding hydrogens is 224 g/mol. The minimum absolute atomic E-state index is 0.261. The summed E-state index contributed by atoms with van der Waals surface area (Å²) in [5, 5.41) is 0. The van der Waals surface area contributed by atoms with Crippen molar-refractivity contribution in [1.29, 1.82) is 0 Å². The predicted molar refractivity (Wildman–Crippen MR) is 56.3 cm³/mol. The molecule has 1 aromatic heterocycles. The number of fused-ring (bicyclic) bond motifs is 1. The number of aromatic nitrogens is 1. The molecule has 0 atom stereocenters. The van der Waals surface area contributed by atoms with Crippen molar-refractivity contribution in [2.24, 2.45) is 0 Å². The summed E-state index contributed by atoms with van der Waals surface area (Å²) in [6.45, 7) is -0.366. The van der Waals surface area contributed by atoms with Gasteiger partial charge in [-0.3, -0.25) is 4.39 Å². The SMILES string of the molecule is FCCSc1nc2ccc(F)cc2s1. The van der Waals surface area contributed by atoms with Gasteiger partial charge in [0.25, 0.3) is 0 Å². The van der Waals surface area contributed by atoms with Crippen LogP contribution < -0.4 is 0 Å². The number of thiazole rings is 1. The fourth-order valence-corrected chi connectivity index (χ4v) is 2.96. The second-order valence-electron chi connectivity index (χ2n) is 2.63. The van der Waals surface area contributed by atoms with Crippen molar-refractivity contribution in [2.75, 3.05) is 12.4 Å². The van der Waals surface area contributed by atoms with Gasteiger partial charge in [0.1, 0.15) is 5.82 Å². The summed E-state index contributed by atoms with van der Waals surface area (Å²) in [5.74, 6) is 0.144.